The highest BCUT2D eigenvalue weighted by Gasteiger charge is 2.17. The molecule has 2 aromatic rings. The first kappa shape index (κ1) is 31.8. The van der Waals surface area contributed by atoms with Gasteiger partial charge in [-0.05, 0) is 36.4 Å². The summed E-state index contributed by atoms with van der Waals surface area (Å²) in [5.74, 6) is 1.31. The van der Waals surface area contributed by atoms with E-state index in [1.54, 1.807) is 24.8 Å². The molecule has 0 saturated heterocycles. The molecule has 0 fully saturated rings. The number of anilines is 1. The Bertz CT molecular complexity index is 1080. The maximum absolute atomic E-state index is 13.1. The van der Waals surface area contributed by atoms with Crippen LogP contribution in [0.5, 0.6) is 5.75 Å². The smallest absolute Gasteiger partial charge is 0.228 e. The third-order valence-corrected chi connectivity index (χ3v) is 8.14. The molecule has 0 aliphatic carbocycles. The first-order chi connectivity index (χ1) is 19.6. The second-order valence-corrected chi connectivity index (χ2v) is 11.7. The highest BCUT2D eigenvalue weighted by molar-refractivity contribution is 8.02. The molecular formula is C34H48N2O3S. The van der Waals surface area contributed by atoms with Crippen LogP contribution < -0.4 is 10.1 Å². The maximum Gasteiger partial charge on any atom is 0.228 e. The van der Waals surface area contributed by atoms with Gasteiger partial charge in [-0.15, -0.1) is 11.8 Å². The molecule has 1 amide bonds. The van der Waals surface area contributed by atoms with Crippen molar-refractivity contribution in [3.63, 3.8) is 0 Å². The Kier molecular flexibility index (Phi) is 14.8. The van der Waals surface area contributed by atoms with Crippen molar-refractivity contribution in [3.8, 4) is 5.75 Å². The quantitative estimate of drug-likeness (QED) is 0.128. The summed E-state index contributed by atoms with van der Waals surface area (Å²) in [4.78, 5) is 27.7. The van der Waals surface area contributed by atoms with Crippen LogP contribution in [0.25, 0.3) is 0 Å². The van der Waals surface area contributed by atoms with Crippen molar-refractivity contribution in [2.45, 2.75) is 104 Å². The van der Waals surface area contributed by atoms with Crippen LogP contribution in [0.4, 0.5) is 5.69 Å². The second-order valence-electron chi connectivity index (χ2n) is 10.8. The normalized spacial score (nSPS) is 12.6. The highest BCUT2D eigenvalue weighted by atomic mass is 32.2. The second kappa shape index (κ2) is 18.6. The van der Waals surface area contributed by atoms with Gasteiger partial charge in [-0.1, -0.05) is 108 Å². The zero-order valence-electron chi connectivity index (χ0n) is 24.6. The largest absolute Gasteiger partial charge is 0.493 e. The van der Waals surface area contributed by atoms with Crippen LogP contribution in [-0.4, -0.2) is 29.1 Å². The monoisotopic (exact) mass is 564 g/mol. The Labute approximate surface area is 246 Å². The summed E-state index contributed by atoms with van der Waals surface area (Å²) in [6, 6.07) is 13.4. The molecule has 0 bridgehead atoms. The Morgan fingerprint density at radius 1 is 0.850 bits per heavy atom. The summed E-state index contributed by atoms with van der Waals surface area (Å²) in [6.45, 7) is 5.12. The van der Waals surface area contributed by atoms with Crippen molar-refractivity contribution >= 4 is 29.1 Å². The summed E-state index contributed by atoms with van der Waals surface area (Å²) < 4.78 is 6.17. The number of ether oxygens (including phenoxy) is 1. The third-order valence-electron chi connectivity index (χ3n) is 7.34. The van der Waals surface area contributed by atoms with Crippen molar-refractivity contribution in [2.24, 2.45) is 0 Å². The number of rotatable bonds is 20. The highest BCUT2D eigenvalue weighted by Crippen LogP contribution is 2.27. The molecule has 218 valence electrons. The SMILES string of the molecule is CCCCCCCCCCCCCCOc1c(CC(=O)Nc2ccccc2CN2C=CSC2)cccc1C(C)=O. The van der Waals surface area contributed by atoms with Gasteiger partial charge in [0.15, 0.2) is 5.78 Å². The summed E-state index contributed by atoms with van der Waals surface area (Å²) >= 11 is 1.76. The Balaban J connectivity index is 1.45. The number of nitrogens with one attached hydrogen (secondary N) is 1. The maximum atomic E-state index is 13.1. The minimum absolute atomic E-state index is 0.0474. The fourth-order valence-electron chi connectivity index (χ4n) is 5.06. The lowest BCUT2D eigenvalue weighted by molar-refractivity contribution is -0.115. The molecule has 0 aromatic heterocycles. The van der Waals surface area contributed by atoms with Gasteiger partial charge in [-0.25, -0.2) is 0 Å². The van der Waals surface area contributed by atoms with Crippen molar-refractivity contribution < 1.29 is 14.3 Å². The van der Waals surface area contributed by atoms with E-state index in [1.165, 1.54) is 64.2 Å². The van der Waals surface area contributed by atoms with Crippen LogP contribution in [0.15, 0.2) is 54.1 Å². The number of hydrogen-bond acceptors (Lipinski definition) is 5. The average Bonchev–Trinajstić information content (AvgIpc) is 3.46. The molecule has 0 spiro atoms. The van der Waals surface area contributed by atoms with E-state index in [1.807, 2.05) is 36.4 Å². The van der Waals surface area contributed by atoms with Crippen molar-refractivity contribution in [1.29, 1.82) is 0 Å². The molecule has 1 N–H and O–H groups in total. The molecular weight excluding hydrogens is 516 g/mol. The zero-order valence-corrected chi connectivity index (χ0v) is 25.4. The van der Waals surface area contributed by atoms with Gasteiger partial charge in [0.25, 0.3) is 0 Å². The molecule has 0 atom stereocenters. The van der Waals surface area contributed by atoms with Crippen LogP contribution in [0.1, 0.15) is 112 Å². The number of benzene rings is 2. The Morgan fingerprint density at radius 2 is 1.50 bits per heavy atom. The topological polar surface area (TPSA) is 58.6 Å². The number of Topliss-reactive ketones (excluding diaryl/α,β-unsaturated/α-hetero) is 1. The minimum atomic E-state index is -0.116. The molecule has 6 heteroatoms. The fraction of sp³-hybridized carbons (Fsp3) is 0.529. The predicted molar refractivity (Wildman–Crippen MR) is 169 cm³/mol. The van der Waals surface area contributed by atoms with Crippen LogP contribution in [0, 0.1) is 0 Å². The molecule has 1 aliphatic heterocycles. The van der Waals surface area contributed by atoms with Crippen LogP contribution in [0.2, 0.25) is 0 Å². The van der Waals surface area contributed by atoms with Crippen LogP contribution in [-0.2, 0) is 17.8 Å². The number of hydrogen-bond donors (Lipinski definition) is 1. The van der Waals surface area contributed by atoms with Gasteiger partial charge in [0.2, 0.25) is 5.91 Å². The first-order valence-corrected chi connectivity index (χ1v) is 16.3. The van der Waals surface area contributed by atoms with Gasteiger partial charge < -0.3 is 15.0 Å². The summed E-state index contributed by atoms with van der Waals surface area (Å²) in [5, 5.41) is 5.17. The predicted octanol–water partition coefficient (Wildman–Crippen LogP) is 9.13. The van der Waals surface area contributed by atoms with Crippen LogP contribution >= 0.6 is 11.8 Å². The van der Waals surface area contributed by atoms with E-state index in [-0.39, 0.29) is 18.1 Å². The van der Waals surface area contributed by atoms with E-state index < -0.39 is 0 Å². The van der Waals surface area contributed by atoms with E-state index in [2.05, 4.69) is 28.7 Å². The number of nitrogens with zero attached hydrogens (tertiary/aromatic N) is 1. The third kappa shape index (κ3) is 11.4. The molecule has 0 radical (unpaired) electrons. The van der Waals surface area contributed by atoms with Gasteiger partial charge in [0.05, 0.1) is 24.5 Å². The van der Waals surface area contributed by atoms with E-state index >= 15 is 0 Å². The molecule has 1 heterocycles. The van der Waals surface area contributed by atoms with Gasteiger partial charge in [0.1, 0.15) is 5.75 Å². The van der Waals surface area contributed by atoms with E-state index in [0.717, 1.165) is 42.1 Å². The van der Waals surface area contributed by atoms with Gasteiger partial charge in [-0.3, -0.25) is 9.59 Å². The molecule has 0 unspecified atom stereocenters. The van der Waals surface area contributed by atoms with E-state index in [9.17, 15) is 9.59 Å². The first-order valence-electron chi connectivity index (χ1n) is 15.2. The lowest BCUT2D eigenvalue weighted by atomic mass is 10.0. The number of carbonyl (C=O) groups is 2. The molecule has 40 heavy (non-hydrogen) atoms. The summed E-state index contributed by atoms with van der Waals surface area (Å²) in [5.41, 5.74) is 3.19. The van der Waals surface area contributed by atoms with E-state index in [4.69, 9.17) is 4.74 Å². The number of carbonyl (C=O) groups excluding carboxylic acids is 2. The number of amides is 1. The fourth-order valence-corrected chi connectivity index (χ4v) is 5.78. The number of unbranched alkanes of at least 4 members (excludes halogenated alkanes) is 11. The van der Waals surface area contributed by atoms with Gasteiger partial charge >= 0.3 is 0 Å². The molecule has 5 nitrogen and oxygen atoms in total. The zero-order chi connectivity index (χ0) is 28.4. The number of ketones is 1. The summed E-state index contributed by atoms with van der Waals surface area (Å²) in [6.07, 6.45) is 17.7. The van der Waals surface area contributed by atoms with Crippen molar-refractivity contribution in [2.75, 3.05) is 17.8 Å². The number of para-hydroxylation sites is 2. The molecule has 3 rings (SSSR count). The summed E-state index contributed by atoms with van der Waals surface area (Å²) in [7, 11) is 0. The van der Waals surface area contributed by atoms with Gasteiger partial charge in [-0.2, -0.15) is 0 Å². The van der Waals surface area contributed by atoms with E-state index in [0.29, 0.717) is 17.9 Å². The van der Waals surface area contributed by atoms with Gasteiger partial charge in [0, 0.05) is 24.0 Å². The Hall–Kier alpha value is -2.73. The molecule has 0 saturated carbocycles. The molecule has 1 aliphatic rings. The lowest BCUT2D eigenvalue weighted by Gasteiger charge is -2.18. The lowest BCUT2D eigenvalue weighted by Crippen LogP contribution is -2.19. The van der Waals surface area contributed by atoms with Crippen molar-refractivity contribution in [1.82, 2.24) is 4.90 Å². The average molecular weight is 565 g/mol. The standard InChI is InChI=1S/C34H48N2O3S/c1-3-4-5-6-7-8-9-10-11-12-13-16-23-39-34-29(19-17-20-31(34)28(2)37)25-33(38)35-32-21-15-14-18-30(32)26-36-22-24-40-27-36/h14-15,17-22,24H,3-13,16,23,25-27H2,1-2H3,(H,35,38). The number of thioether (sulfide) groups is 1. The van der Waals surface area contributed by atoms with Crippen LogP contribution in [0.3, 0.4) is 0 Å². The van der Waals surface area contributed by atoms with Crippen molar-refractivity contribution in [3.05, 3.63) is 70.8 Å². The Morgan fingerprint density at radius 3 is 2.15 bits per heavy atom. The minimum Gasteiger partial charge on any atom is -0.493 e. The molecule has 2 aromatic carbocycles.